The van der Waals surface area contributed by atoms with E-state index >= 15 is 0 Å². The average Bonchev–Trinajstić information content (AvgIpc) is 1.65. The van der Waals surface area contributed by atoms with E-state index in [9.17, 15) is 0 Å². The van der Waals surface area contributed by atoms with Gasteiger partial charge in [0.1, 0.15) is 0 Å². The van der Waals surface area contributed by atoms with Crippen molar-refractivity contribution in [1.29, 1.82) is 0 Å². The van der Waals surface area contributed by atoms with E-state index in [-0.39, 0.29) is 0 Å². The minimum atomic E-state index is -1.33. The standard InChI is InChI=1S/C8H20Ge/c1-7(2)9(5,6)8(3)4/h7-8H,1-6H3. The van der Waals surface area contributed by atoms with Crippen molar-refractivity contribution in [2.45, 2.75) is 48.7 Å². The fourth-order valence-electron chi connectivity index (χ4n) is 0.667. The molecular formula is C8H20Ge. The van der Waals surface area contributed by atoms with Crippen LogP contribution in [0.3, 0.4) is 0 Å². The summed E-state index contributed by atoms with van der Waals surface area (Å²) >= 11 is -1.33. The van der Waals surface area contributed by atoms with Gasteiger partial charge in [-0.3, -0.25) is 0 Å². The molecule has 0 aliphatic carbocycles. The maximum absolute atomic E-state index is 2.52. The Morgan fingerprint density at radius 3 is 1.00 bits per heavy atom. The topological polar surface area (TPSA) is 0 Å². The Balaban J connectivity index is 4.01. The second-order valence-electron chi connectivity index (χ2n) is 4.13. The molecule has 0 fully saturated rings. The van der Waals surface area contributed by atoms with Crippen molar-refractivity contribution < 1.29 is 0 Å². The summed E-state index contributed by atoms with van der Waals surface area (Å²) in [6.07, 6.45) is 0. The fraction of sp³-hybridized carbons (Fsp3) is 1.00. The molecule has 56 valence electrons. The first kappa shape index (κ1) is 9.54. The fourth-order valence-corrected chi connectivity index (χ4v) is 3.46. The summed E-state index contributed by atoms with van der Waals surface area (Å²) in [6.45, 7) is 9.50. The van der Waals surface area contributed by atoms with Crippen LogP contribution < -0.4 is 0 Å². The molecule has 0 radical (unpaired) electrons. The number of rotatable bonds is 2. The summed E-state index contributed by atoms with van der Waals surface area (Å²) in [5.74, 6) is 5.05. The summed E-state index contributed by atoms with van der Waals surface area (Å²) in [4.78, 5) is 0. The molecule has 0 saturated carbocycles. The van der Waals surface area contributed by atoms with Gasteiger partial charge in [0, 0.05) is 0 Å². The van der Waals surface area contributed by atoms with E-state index in [2.05, 4.69) is 39.2 Å². The zero-order valence-corrected chi connectivity index (χ0v) is 9.75. The molecule has 0 aromatic rings. The number of hydrogen-bond donors (Lipinski definition) is 0. The van der Waals surface area contributed by atoms with Crippen molar-refractivity contribution in [3.05, 3.63) is 0 Å². The molecule has 0 aliphatic rings. The molecule has 0 heterocycles. The van der Waals surface area contributed by atoms with E-state index in [1.165, 1.54) is 0 Å². The molecule has 0 spiro atoms. The van der Waals surface area contributed by atoms with Crippen molar-refractivity contribution in [2.24, 2.45) is 0 Å². The van der Waals surface area contributed by atoms with Crippen LogP contribution in [-0.2, 0) is 0 Å². The third-order valence-corrected chi connectivity index (χ3v) is 15.5. The number of hydrogen-bond acceptors (Lipinski definition) is 0. The first-order chi connectivity index (χ1) is 3.89. The van der Waals surface area contributed by atoms with E-state index in [0.29, 0.717) is 0 Å². The van der Waals surface area contributed by atoms with Crippen LogP contribution in [0.15, 0.2) is 0 Å². The van der Waals surface area contributed by atoms with Gasteiger partial charge in [0.2, 0.25) is 0 Å². The predicted octanol–water partition coefficient (Wildman–Crippen LogP) is 3.51. The molecule has 0 atom stereocenters. The van der Waals surface area contributed by atoms with E-state index in [4.69, 9.17) is 0 Å². The van der Waals surface area contributed by atoms with Gasteiger partial charge in [0.25, 0.3) is 0 Å². The first-order valence-corrected chi connectivity index (χ1v) is 10.5. The van der Waals surface area contributed by atoms with Crippen molar-refractivity contribution in [2.75, 3.05) is 0 Å². The van der Waals surface area contributed by atoms with Gasteiger partial charge < -0.3 is 0 Å². The van der Waals surface area contributed by atoms with Crippen LogP contribution >= 0.6 is 0 Å². The summed E-state index contributed by atoms with van der Waals surface area (Å²) < 4.78 is 1.95. The molecule has 0 nitrogen and oxygen atoms in total. The van der Waals surface area contributed by atoms with Crippen molar-refractivity contribution >= 4 is 13.3 Å². The third-order valence-electron chi connectivity index (χ3n) is 2.98. The van der Waals surface area contributed by atoms with Gasteiger partial charge in [-0.05, 0) is 0 Å². The van der Waals surface area contributed by atoms with Crippen LogP contribution in [0, 0.1) is 0 Å². The molecule has 0 saturated heterocycles. The normalized spacial score (nSPS) is 13.3. The summed E-state index contributed by atoms with van der Waals surface area (Å²) in [5.41, 5.74) is 0. The third kappa shape index (κ3) is 2.32. The van der Waals surface area contributed by atoms with Gasteiger partial charge in [-0.15, -0.1) is 0 Å². The van der Waals surface area contributed by atoms with Crippen molar-refractivity contribution in [3.8, 4) is 0 Å². The molecule has 0 N–H and O–H groups in total. The van der Waals surface area contributed by atoms with Crippen LogP contribution in [0.1, 0.15) is 27.7 Å². The van der Waals surface area contributed by atoms with Crippen molar-refractivity contribution in [1.82, 2.24) is 0 Å². The summed E-state index contributed by atoms with van der Waals surface area (Å²) in [5, 5.41) is 0. The second kappa shape index (κ2) is 3.09. The van der Waals surface area contributed by atoms with Gasteiger partial charge in [0.15, 0.2) is 0 Å². The van der Waals surface area contributed by atoms with Crippen LogP contribution in [0.2, 0.25) is 21.0 Å². The molecule has 0 aromatic heterocycles. The zero-order chi connectivity index (χ0) is 7.65. The van der Waals surface area contributed by atoms with Gasteiger partial charge in [-0.2, -0.15) is 0 Å². The Labute approximate surface area is 62.4 Å². The van der Waals surface area contributed by atoms with Crippen LogP contribution in [0.25, 0.3) is 0 Å². The monoisotopic (exact) mass is 190 g/mol. The van der Waals surface area contributed by atoms with E-state index < -0.39 is 13.3 Å². The Hall–Kier alpha value is 0.543. The Morgan fingerprint density at radius 1 is 0.778 bits per heavy atom. The SMILES string of the molecule is C[CH](C)[Ge]([CH3])([CH3])[CH](C)C. The second-order valence-corrected chi connectivity index (χ2v) is 16.6. The van der Waals surface area contributed by atoms with Gasteiger partial charge in [-0.1, -0.05) is 0 Å². The molecule has 0 amide bonds. The molecule has 9 heavy (non-hydrogen) atoms. The van der Waals surface area contributed by atoms with Gasteiger partial charge in [-0.25, -0.2) is 0 Å². The molecule has 0 bridgehead atoms. The summed E-state index contributed by atoms with van der Waals surface area (Å²) in [6, 6.07) is 0. The van der Waals surface area contributed by atoms with Crippen LogP contribution in [0.5, 0.6) is 0 Å². The molecule has 0 aromatic carbocycles. The minimum absolute atomic E-state index is 0.977. The first-order valence-electron chi connectivity index (χ1n) is 3.89. The van der Waals surface area contributed by atoms with Gasteiger partial charge >= 0.3 is 62.0 Å². The Bertz CT molecular complexity index is 72.6. The van der Waals surface area contributed by atoms with Crippen LogP contribution in [-0.4, -0.2) is 13.3 Å². The van der Waals surface area contributed by atoms with E-state index in [0.717, 1.165) is 9.50 Å². The molecular weight excluding hydrogens is 169 g/mol. The van der Waals surface area contributed by atoms with Crippen LogP contribution in [0.4, 0.5) is 0 Å². The molecule has 0 unspecified atom stereocenters. The Kier molecular flexibility index (Phi) is 3.28. The quantitative estimate of drug-likeness (QED) is 0.582. The van der Waals surface area contributed by atoms with Crippen molar-refractivity contribution in [3.63, 3.8) is 0 Å². The Morgan fingerprint density at radius 2 is 1.00 bits per heavy atom. The molecule has 1 heteroatoms. The van der Waals surface area contributed by atoms with Gasteiger partial charge in [0.05, 0.1) is 0 Å². The van der Waals surface area contributed by atoms with E-state index in [1.807, 2.05) is 0 Å². The zero-order valence-electron chi connectivity index (χ0n) is 7.65. The average molecular weight is 189 g/mol. The predicted molar refractivity (Wildman–Crippen MR) is 47.7 cm³/mol. The molecule has 0 aliphatic heterocycles. The molecule has 0 rings (SSSR count). The van der Waals surface area contributed by atoms with E-state index in [1.54, 1.807) is 0 Å². The summed E-state index contributed by atoms with van der Waals surface area (Å²) in [7, 11) is 0. The maximum atomic E-state index is 2.52.